The van der Waals surface area contributed by atoms with E-state index in [-0.39, 0.29) is 29.2 Å². The van der Waals surface area contributed by atoms with E-state index in [2.05, 4.69) is 4.72 Å². The van der Waals surface area contributed by atoms with Gasteiger partial charge in [0.25, 0.3) is 0 Å². The summed E-state index contributed by atoms with van der Waals surface area (Å²) in [6.45, 7) is 3.80. The molecule has 0 saturated heterocycles. The van der Waals surface area contributed by atoms with Crippen LogP contribution in [0.15, 0.2) is 23.1 Å². The lowest BCUT2D eigenvalue weighted by Gasteiger charge is -2.23. The van der Waals surface area contributed by atoms with Crippen molar-refractivity contribution in [3.05, 3.63) is 24.0 Å². The minimum Gasteiger partial charge on any atom is -0.494 e. The van der Waals surface area contributed by atoms with E-state index in [0.29, 0.717) is 6.42 Å². The maximum Gasteiger partial charge on any atom is 0.240 e. The number of ether oxygens (including phenoxy) is 1. The summed E-state index contributed by atoms with van der Waals surface area (Å²) in [4.78, 5) is -0.157. The fourth-order valence-electron chi connectivity index (χ4n) is 1.58. The Kier molecular flexibility index (Phi) is 5.50. The zero-order valence-corrected chi connectivity index (χ0v) is 12.6. The highest BCUT2D eigenvalue weighted by molar-refractivity contribution is 7.89. The van der Waals surface area contributed by atoms with Crippen molar-refractivity contribution in [1.82, 2.24) is 4.72 Å². The van der Waals surface area contributed by atoms with Gasteiger partial charge < -0.3 is 9.84 Å². The Labute approximate surface area is 118 Å². The average Bonchev–Trinajstić information content (AvgIpc) is 2.36. The molecule has 0 unspecified atom stereocenters. The van der Waals surface area contributed by atoms with Gasteiger partial charge >= 0.3 is 0 Å². The smallest absolute Gasteiger partial charge is 0.240 e. The first-order chi connectivity index (χ1) is 9.22. The topological polar surface area (TPSA) is 75.6 Å². The van der Waals surface area contributed by atoms with Crippen molar-refractivity contribution in [2.24, 2.45) is 5.41 Å². The molecule has 0 fully saturated rings. The Morgan fingerprint density at radius 2 is 2.05 bits per heavy atom. The Bertz CT molecular complexity index is 557. The van der Waals surface area contributed by atoms with E-state index in [1.165, 1.54) is 19.2 Å². The van der Waals surface area contributed by atoms with Crippen molar-refractivity contribution in [1.29, 1.82) is 0 Å². The normalized spacial score (nSPS) is 12.4. The molecule has 1 rings (SSSR count). The van der Waals surface area contributed by atoms with Crippen molar-refractivity contribution in [2.45, 2.75) is 25.2 Å². The summed E-state index contributed by atoms with van der Waals surface area (Å²) in [5.74, 6) is -0.741. The van der Waals surface area contributed by atoms with Crippen LogP contribution in [0.3, 0.4) is 0 Å². The molecule has 0 heterocycles. The molecule has 7 heteroatoms. The van der Waals surface area contributed by atoms with Crippen LogP contribution in [0.1, 0.15) is 20.3 Å². The lowest BCUT2D eigenvalue weighted by atomic mass is 9.90. The predicted octanol–water partition coefficient (Wildman–Crippen LogP) is 1.52. The van der Waals surface area contributed by atoms with E-state index < -0.39 is 15.8 Å². The van der Waals surface area contributed by atoms with Gasteiger partial charge in [0.05, 0.1) is 12.0 Å². The molecule has 0 atom stereocenters. The Morgan fingerprint density at radius 3 is 2.55 bits per heavy atom. The molecule has 20 heavy (non-hydrogen) atoms. The first-order valence-electron chi connectivity index (χ1n) is 6.16. The van der Waals surface area contributed by atoms with Gasteiger partial charge in [-0.25, -0.2) is 17.5 Å². The van der Waals surface area contributed by atoms with Crippen molar-refractivity contribution >= 4 is 10.0 Å². The van der Waals surface area contributed by atoms with Gasteiger partial charge in [0.1, 0.15) is 0 Å². The van der Waals surface area contributed by atoms with Gasteiger partial charge in [0.15, 0.2) is 11.6 Å². The van der Waals surface area contributed by atoms with Crippen LogP contribution in [0.25, 0.3) is 0 Å². The number of hydrogen-bond donors (Lipinski definition) is 2. The van der Waals surface area contributed by atoms with Crippen molar-refractivity contribution in [2.75, 3.05) is 20.3 Å². The Morgan fingerprint density at radius 1 is 1.40 bits per heavy atom. The van der Waals surface area contributed by atoms with E-state index in [4.69, 9.17) is 9.84 Å². The largest absolute Gasteiger partial charge is 0.494 e. The zero-order chi connectivity index (χ0) is 15.4. The van der Waals surface area contributed by atoms with Gasteiger partial charge in [-0.2, -0.15) is 0 Å². The third kappa shape index (κ3) is 4.43. The van der Waals surface area contributed by atoms with E-state index in [1.54, 1.807) is 0 Å². The van der Waals surface area contributed by atoms with Crippen LogP contribution in [0.4, 0.5) is 4.39 Å². The number of sulfonamides is 1. The van der Waals surface area contributed by atoms with Gasteiger partial charge in [0, 0.05) is 13.2 Å². The number of hydrogen-bond acceptors (Lipinski definition) is 4. The van der Waals surface area contributed by atoms with Gasteiger partial charge in [-0.05, 0) is 30.0 Å². The van der Waals surface area contributed by atoms with Crippen LogP contribution < -0.4 is 9.46 Å². The lowest BCUT2D eigenvalue weighted by molar-refractivity contribution is 0.213. The number of halogens is 1. The van der Waals surface area contributed by atoms with Gasteiger partial charge in [-0.3, -0.25) is 0 Å². The number of aliphatic hydroxyl groups excluding tert-OH is 1. The fraction of sp³-hybridized carbons (Fsp3) is 0.538. The van der Waals surface area contributed by atoms with E-state index in [9.17, 15) is 12.8 Å². The van der Waals surface area contributed by atoms with Crippen LogP contribution in [-0.4, -0.2) is 33.8 Å². The maximum absolute atomic E-state index is 13.5. The SMILES string of the molecule is COc1ccc(S(=O)(=O)NCC(C)(C)CCO)cc1F. The van der Waals surface area contributed by atoms with Gasteiger partial charge in [-0.1, -0.05) is 13.8 Å². The van der Waals surface area contributed by atoms with Crippen molar-refractivity contribution in [3.63, 3.8) is 0 Å². The summed E-state index contributed by atoms with van der Waals surface area (Å²) in [7, 11) is -2.48. The maximum atomic E-state index is 13.5. The highest BCUT2D eigenvalue weighted by atomic mass is 32.2. The monoisotopic (exact) mass is 305 g/mol. The Balaban J connectivity index is 2.87. The van der Waals surface area contributed by atoms with Crippen LogP contribution in [0.5, 0.6) is 5.75 Å². The molecule has 114 valence electrons. The molecule has 0 spiro atoms. The van der Waals surface area contributed by atoms with E-state index in [0.717, 1.165) is 6.07 Å². The summed E-state index contributed by atoms with van der Waals surface area (Å²) in [5, 5.41) is 8.90. The van der Waals surface area contributed by atoms with E-state index >= 15 is 0 Å². The molecule has 0 bridgehead atoms. The van der Waals surface area contributed by atoms with Gasteiger partial charge in [-0.15, -0.1) is 0 Å². The molecule has 2 N–H and O–H groups in total. The predicted molar refractivity (Wildman–Crippen MR) is 73.6 cm³/mol. The summed E-state index contributed by atoms with van der Waals surface area (Å²) < 4.78 is 44.8. The Hall–Kier alpha value is -1.18. The second kappa shape index (κ2) is 6.51. The zero-order valence-electron chi connectivity index (χ0n) is 11.8. The third-order valence-electron chi connectivity index (χ3n) is 2.96. The quantitative estimate of drug-likeness (QED) is 0.801. The molecular formula is C13H20FNO4S. The van der Waals surface area contributed by atoms with Crippen LogP contribution in [-0.2, 0) is 10.0 Å². The number of methoxy groups -OCH3 is 1. The molecule has 1 aromatic carbocycles. The van der Waals surface area contributed by atoms with Crippen LogP contribution >= 0.6 is 0 Å². The molecule has 0 aromatic heterocycles. The molecule has 0 radical (unpaired) electrons. The molecule has 0 aliphatic carbocycles. The van der Waals surface area contributed by atoms with Crippen molar-refractivity contribution < 1.29 is 22.7 Å². The number of nitrogens with one attached hydrogen (secondary N) is 1. The standard InChI is InChI=1S/C13H20FNO4S/c1-13(2,6-7-16)9-15-20(17,18)10-4-5-12(19-3)11(14)8-10/h4-5,8,15-16H,6-7,9H2,1-3H3. The molecule has 0 aliphatic rings. The molecule has 0 saturated carbocycles. The first-order valence-corrected chi connectivity index (χ1v) is 7.64. The fourth-order valence-corrected chi connectivity index (χ4v) is 2.83. The summed E-state index contributed by atoms with van der Waals surface area (Å²) in [5.41, 5.74) is -0.382. The summed E-state index contributed by atoms with van der Waals surface area (Å²) in [6.07, 6.45) is 0.465. The second-order valence-electron chi connectivity index (χ2n) is 5.26. The third-order valence-corrected chi connectivity index (χ3v) is 4.36. The van der Waals surface area contributed by atoms with Crippen molar-refractivity contribution in [3.8, 4) is 5.75 Å². The summed E-state index contributed by atoms with van der Waals surface area (Å²) in [6, 6.07) is 3.46. The molecule has 5 nitrogen and oxygen atoms in total. The summed E-state index contributed by atoms with van der Waals surface area (Å²) >= 11 is 0. The molecule has 1 aromatic rings. The highest BCUT2D eigenvalue weighted by Gasteiger charge is 2.22. The average molecular weight is 305 g/mol. The number of rotatable bonds is 7. The first kappa shape index (κ1) is 16.9. The lowest BCUT2D eigenvalue weighted by Crippen LogP contribution is -2.34. The number of aliphatic hydroxyl groups is 1. The minimum atomic E-state index is -3.79. The molecule has 0 amide bonds. The highest BCUT2D eigenvalue weighted by Crippen LogP contribution is 2.22. The van der Waals surface area contributed by atoms with E-state index in [1.807, 2.05) is 13.8 Å². The van der Waals surface area contributed by atoms with Crippen LogP contribution in [0.2, 0.25) is 0 Å². The second-order valence-corrected chi connectivity index (χ2v) is 7.03. The minimum absolute atomic E-state index is 0.00967. The molecule has 0 aliphatic heterocycles. The number of benzene rings is 1. The van der Waals surface area contributed by atoms with Gasteiger partial charge in [0.2, 0.25) is 10.0 Å². The molecular weight excluding hydrogens is 285 g/mol. The van der Waals surface area contributed by atoms with Crippen LogP contribution in [0, 0.1) is 11.2 Å².